The van der Waals surface area contributed by atoms with Crippen LogP contribution in [0.4, 0.5) is 0 Å². The number of nitrogens with zero attached hydrogens (tertiary/aromatic N) is 4. The average Bonchev–Trinajstić information content (AvgIpc) is 3.82. The van der Waals surface area contributed by atoms with Crippen molar-refractivity contribution in [3.8, 4) is 22.9 Å². The van der Waals surface area contributed by atoms with Crippen LogP contribution >= 0.6 is 11.3 Å². The molecule has 49 heavy (non-hydrogen) atoms. The van der Waals surface area contributed by atoms with Crippen molar-refractivity contribution in [2.75, 3.05) is 0 Å². The number of hydrogen-bond acceptors (Lipinski definition) is 3. The largest absolute Gasteiger partial charge is 0.309 e. The average molecular weight is 641 g/mol. The summed E-state index contributed by atoms with van der Waals surface area (Å²) in [5, 5.41) is 11.4. The topological polar surface area (TPSA) is 35.6 Å². The molecule has 0 fully saturated rings. The zero-order chi connectivity index (χ0) is 31.8. The van der Waals surface area contributed by atoms with Crippen molar-refractivity contribution in [3.05, 3.63) is 146 Å². The number of hydrogen-bond donors (Lipinski definition) is 0. The van der Waals surface area contributed by atoms with Gasteiger partial charge in [0.1, 0.15) is 0 Å². The summed E-state index contributed by atoms with van der Waals surface area (Å²) in [5.41, 5.74) is 8.76. The molecule has 4 nitrogen and oxygen atoms in total. The van der Waals surface area contributed by atoms with Crippen LogP contribution in [0.3, 0.4) is 0 Å². The fraction of sp³-hybridized carbons (Fsp3) is 0. The molecule has 0 N–H and O–H groups in total. The molecule has 0 radical (unpaired) electrons. The van der Waals surface area contributed by atoms with Crippen LogP contribution in [0.15, 0.2) is 146 Å². The lowest BCUT2D eigenvalue weighted by molar-refractivity contribution is 1.01. The smallest absolute Gasteiger partial charge is 0.235 e. The molecule has 4 aromatic heterocycles. The van der Waals surface area contributed by atoms with E-state index in [1.165, 1.54) is 63.5 Å². The minimum absolute atomic E-state index is 0.683. The summed E-state index contributed by atoms with van der Waals surface area (Å²) in [4.78, 5) is 10.7. The van der Waals surface area contributed by atoms with Gasteiger partial charge in [0.15, 0.2) is 0 Å². The fourth-order valence-corrected chi connectivity index (χ4v) is 9.69. The Balaban J connectivity index is 1.36. The molecule has 0 amide bonds. The molecule has 0 aliphatic rings. The molecule has 0 bridgehead atoms. The molecule has 12 rings (SSSR count). The predicted molar refractivity (Wildman–Crippen MR) is 206 cm³/mol. The van der Waals surface area contributed by atoms with Crippen LogP contribution in [0, 0.1) is 0 Å². The van der Waals surface area contributed by atoms with E-state index in [1.807, 2.05) is 11.3 Å². The molecule has 4 heterocycles. The molecule has 5 heteroatoms. The van der Waals surface area contributed by atoms with Crippen molar-refractivity contribution in [3.63, 3.8) is 0 Å². The van der Waals surface area contributed by atoms with Crippen LogP contribution in [0.1, 0.15) is 0 Å². The second-order valence-electron chi connectivity index (χ2n) is 12.9. The third-order valence-electron chi connectivity index (χ3n) is 10.5. The van der Waals surface area contributed by atoms with E-state index in [9.17, 15) is 0 Å². The summed E-state index contributed by atoms with van der Waals surface area (Å²) < 4.78 is 7.36. The molecule has 8 aromatic carbocycles. The Morgan fingerprint density at radius 3 is 1.82 bits per heavy atom. The van der Waals surface area contributed by atoms with E-state index >= 15 is 0 Å². The van der Waals surface area contributed by atoms with Gasteiger partial charge < -0.3 is 4.57 Å². The molecule has 0 saturated carbocycles. The summed E-state index contributed by atoms with van der Waals surface area (Å²) in [5.74, 6) is 0.683. The molecule has 0 aliphatic heterocycles. The molecule has 0 atom stereocenters. The van der Waals surface area contributed by atoms with Gasteiger partial charge in [0.2, 0.25) is 5.95 Å². The van der Waals surface area contributed by atoms with E-state index in [2.05, 4.69) is 155 Å². The highest BCUT2D eigenvalue weighted by Crippen LogP contribution is 2.51. The van der Waals surface area contributed by atoms with Crippen LogP contribution in [-0.4, -0.2) is 19.1 Å². The number of aromatic nitrogens is 4. The first-order valence-electron chi connectivity index (χ1n) is 16.6. The van der Waals surface area contributed by atoms with E-state index in [0.717, 1.165) is 38.9 Å². The Labute approximate surface area is 283 Å². The summed E-state index contributed by atoms with van der Waals surface area (Å²) in [6, 6.07) is 52.4. The Bertz CT molecular complexity index is 3260. The highest BCUT2D eigenvalue weighted by atomic mass is 32.1. The van der Waals surface area contributed by atoms with E-state index in [-0.39, 0.29) is 0 Å². The lowest BCUT2D eigenvalue weighted by atomic mass is 9.95. The normalized spacial score (nSPS) is 12.5. The number of para-hydroxylation sites is 2. The Kier molecular flexibility index (Phi) is 4.83. The van der Waals surface area contributed by atoms with Crippen molar-refractivity contribution in [1.29, 1.82) is 0 Å². The van der Waals surface area contributed by atoms with Crippen molar-refractivity contribution in [2.24, 2.45) is 0 Å². The highest BCUT2D eigenvalue weighted by Gasteiger charge is 2.27. The molecule has 0 saturated heterocycles. The van der Waals surface area contributed by atoms with Crippen LogP contribution < -0.4 is 0 Å². The number of benzene rings is 7. The van der Waals surface area contributed by atoms with Crippen LogP contribution in [0.25, 0.3) is 108 Å². The maximum atomic E-state index is 5.40. The fourth-order valence-electron chi connectivity index (χ4n) is 8.55. The second-order valence-corrected chi connectivity index (χ2v) is 14.0. The molecule has 0 unspecified atom stereocenters. The van der Waals surface area contributed by atoms with Crippen LogP contribution in [0.2, 0.25) is 0 Å². The van der Waals surface area contributed by atoms with E-state index in [4.69, 9.17) is 9.97 Å². The van der Waals surface area contributed by atoms with Crippen molar-refractivity contribution >= 4 is 96.8 Å². The molecule has 0 aliphatic carbocycles. The Morgan fingerprint density at radius 2 is 0.980 bits per heavy atom. The van der Waals surface area contributed by atoms with E-state index < -0.39 is 0 Å². The summed E-state index contributed by atoms with van der Waals surface area (Å²) in [6.07, 6.45) is 0. The third kappa shape index (κ3) is 3.23. The van der Waals surface area contributed by atoms with Crippen LogP contribution in [0.5, 0.6) is 0 Å². The van der Waals surface area contributed by atoms with Gasteiger partial charge in [-0.25, -0.2) is 9.97 Å². The monoisotopic (exact) mass is 640 g/mol. The summed E-state index contributed by atoms with van der Waals surface area (Å²) >= 11 is 1.88. The van der Waals surface area contributed by atoms with Gasteiger partial charge in [0.25, 0.3) is 0 Å². The first-order chi connectivity index (χ1) is 24.3. The van der Waals surface area contributed by atoms with Gasteiger partial charge in [0, 0.05) is 58.4 Å². The van der Waals surface area contributed by atoms with Gasteiger partial charge in [0.05, 0.1) is 33.3 Å². The second kappa shape index (κ2) is 9.19. The minimum atomic E-state index is 0.683. The summed E-state index contributed by atoms with van der Waals surface area (Å²) in [7, 11) is 0. The number of fused-ring (bicyclic) bond motifs is 2. The van der Waals surface area contributed by atoms with Crippen LogP contribution in [-0.2, 0) is 0 Å². The van der Waals surface area contributed by atoms with Gasteiger partial charge in [-0.3, -0.25) is 4.57 Å². The predicted octanol–water partition coefficient (Wildman–Crippen LogP) is 11.9. The van der Waals surface area contributed by atoms with E-state index in [0.29, 0.717) is 5.95 Å². The molecule has 12 aromatic rings. The first-order valence-corrected chi connectivity index (χ1v) is 17.4. The van der Waals surface area contributed by atoms with Gasteiger partial charge in [-0.2, -0.15) is 0 Å². The van der Waals surface area contributed by atoms with E-state index in [1.54, 1.807) is 0 Å². The molecular weight excluding hydrogens is 617 g/mol. The lowest BCUT2D eigenvalue weighted by Crippen LogP contribution is -2.03. The Morgan fingerprint density at radius 1 is 0.388 bits per heavy atom. The molecular formula is C44H24N4S. The van der Waals surface area contributed by atoms with Gasteiger partial charge >= 0.3 is 0 Å². The van der Waals surface area contributed by atoms with Crippen molar-refractivity contribution in [2.45, 2.75) is 0 Å². The lowest BCUT2D eigenvalue weighted by Gasteiger charge is -2.12. The van der Waals surface area contributed by atoms with Gasteiger partial charge in [-0.05, 0) is 65.4 Å². The summed E-state index contributed by atoms with van der Waals surface area (Å²) in [6.45, 7) is 0. The Hall–Kier alpha value is -6.30. The minimum Gasteiger partial charge on any atom is -0.309 e. The quantitative estimate of drug-likeness (QED) is 0.193. The first kappa shape index (κ1) is 25.7. The number of rotatable bonds is 3. The molecule has 226 valence electrons. The zero-order valence-corrected chi connectivity index (χ0v) is 26.9. The van der Waals surface area contributed by atoms with Gasteiger partial charge in [-0.15, -0.1) is 11.3 Å². The third-order valence-corrected chi connectivity index (χ3v) is 11.6. The highest BCUT2D eigenvalue weighted by molar-refractivity contribution is 7.26. The maximum absolute atomic E-state index is 5.40. The van der Waals surface area contributed by atoms with Crippen molar-refractivity contribution < 1.29 is 0 Å². The van der Waals surface area contributed by atoms with Crippen molar-refractivity contribution in [1.82, 2.24) is 19.1 Å². The standard InChI is InChI=1S/C44H24N4S/c1-3-11-25(12-4-1)43-29-15-7-8-18-30(29)45-44(46-43)48-33-22-21-32-39-37-27(16-9-19-31(37)47(32)26-13-5-2-6-14-26)28-17-10-20-35-38(28)42-36(49-35)24-23-34(48)41(42)40(33)39/h1-24H. The molecule has 0 spiro atoms. The number of thiophene rings is 1. The SMILES string of the molecule is c1ccc(-c2nc(-n3c4ccc5sc6cccc7c8cccc9c8c8c(c4c5c67)c3ccc8n9-c3ccccc3)nc3ccccc23)cc1. The van der Waals surface area contributed by atoms with Gasteiger partial charge in [-0.1, -0.05) is 91.0 Å². The zero-order valence-electron chi connectivity index (χ0n) is 26.1. The maximum Gasteiger partial charge on any atom is 0.235 e.